The van der Waals surface area contributed by atoms with Gasteiger partial charge in [0.05, 0.1) is 33.5 Å². The summed E-state index contributed by atoms with van der Waals surface area (Å²) in [4.78, 5) is 50.5. The molecule has 0 spiro atoms. The molecule has 3 fully saturated rings. The van der Waals surface area contributed by atoms with Crippen LogP contribution in [0.5, 0.6) is 11.5 Å². The number of hydrogen-bond acceptors (Lipinski definition) is 12. The maximum absolute atomic E-state index is 13.0. The lowest BCUT2D eigenvalue weighted by molar-refractivity contribution is -0.275. The highest BCUT2D eigenvalue weighted by Crippen LogP contribution is 2.48. The minimum atomic E-state index is -5.06. The molecule has 14 nitrogen and oxygen atoms in total. The first-order valence-electron chi connectivity index (χ1n) is 12.5. The van der Waals surface area contributed by atoms with Crippen molar-refractivity contribution in [3.05, 3.63) is 48.5 Å². The van der Waals surface area contributed by atoms with Gasteiger partial charge >= 0.3 is 33.0 Å². The predicted molar refractivity (Wildman–Crippen MR) is 130 cm³/mol. The van der Waals surface area contributed by atoms with Crippen molar-refractivity contribution in [2.75, 3.05) is 0 Å². The largest absolute Gasteiger partial charge is 0.573 e. The summed E-state index contributed by atoms with van der Waals surface area (Å²) in [5.74, 6) is -12.0. The van der Waals surface area contributed by atoms with Crippen molar-refractivity contribution in [1.29, 1.82) is 0 Å². The first-order valence-corrected chi connectivity index (χ1v) is 15.3. The Balaban J connectivity index is 1.27. The number of alkyl halides is 6. The molecule has 2 saturated heterocycles. The molecule has 4 unspecified atom stereocenters. The van der Waals surface area contributed by atoms with E-state index >= 15 is 0 Å². The molecule has 2 heterocycles. The van der Waals surface area contributed by atoms with Crippen LogP contribution in [0.1, 0.15) is 12.8 Å². The fourth-order valence-corrected chi connectivity index (χ4v) is 6.96. The molecule has 0 N–H and O–H groups in total. The number of fused-ring (bicyclic) bond motifs is 2. The highest BCUT2D eigenvalue weighted by molar-refractivity contribution is 7.87. The first kappa shape index (κ1) is 33.1. The summed E-state index contributed by atoms with van der Waals surface area (Å²) in [5.41, 5.74) is 0. The Labute approximate surface area is 253 Å². The highest BCUT2D eigenvalue weighted by atomic mass is 32.2. The molecule has 4 amide bonds. The van der Waals surface area contributed by atoms with E-state index in [9.17, 15) is 62.4 Å². The normalized spacial score (nSPS) is 23.9. The van der Waals surface area contributed by atoms with Gasteiger partial charge in [-0.25, -0.2) is 0 Å². The number of ether oxygens (including phenoxy) is 2. The summed E-state index contributed by atoms with van der Waals surface area (Å²) in [6.07, 6.45) is -11.2. The Morgan fingerprint density at radius 3 is 1.02 bits per heavy atom. The van der Waals surface area contributed by atoms with Gasteiger partial charge in [0, 0.05) is 0 Å². The number of imide groups is 2. The van der Waals surface area contributed by atoms with Gasteiger partial charge < -0.3 is 9.47 Å². The van der Waals surface area contributed by atoms with Crippen LogP contribution >= 0.6 is 0 Å². The van der Waals surface area contributed by atoms with E-state index in [4.69, 9.17) is 0 Å². The SMILES string of the molecule is O=C1C2CC3C(=O)N(OS(=O)(=O)c4ccc(OC(F)(F)F)cc4)C(=O)C3CC2C(=O)N1OS(=O)(=O)c1ccc(OC(F)(F)F)cc1. The molecule has 2 aromatic carbocycles. The molecular weight excluding hydrogens is 686 g/mol. The lowest BCUT2D eigenvalue weighted by Gasteiger charge is -2.27. The third-order valence-corrected chi connectivity index (χ3v) is 9.48. The first-order chi connectivity index (χ1) is 21.2. The molecule has 248 valence electrons. The van der Waals surface area contributed by atoms with E-state index in [0.717, 1.165) is 0 Å². The van der Waals surface area contributed by atoms with Crippen molar-refractivity contribution in [3.63, 3.8) is 0 Å². The van der Waals surface area contributed by atoms with Gasteiger partial charge in [0.2, 0.25) is 0 Å². The van der Waals surface area contributed by atoms with Crippen molar-refractivity contribution in [1.82, 2.24) is 10.1 Å². The highest BCUT2D eigenvalue weighted by Gasteiger charge is 2.62. The second-order valence-electron chi connectivity index (χ2n) is 9.93. The minimum Gasteiger partial charge on any atom is -0.406 e. The summed E-state index contributed by atoms with van der Waals surface area (Å²) in [6.45, 7) is 0. The van der Waals surface area contributed by atoms with Gasteiger partial charge in [0.15, 0.2) is 0 Å². The maximum Gasteiger partial charge on any atom is 0.573 e. The minimum absolute atomic E-state index is 0.0916. The number of rotatable bonds is 8. The summed E-state index contributed by atoms with van der Waals surface area (Å²) < 4.78 is 142. The number of nitrogens with zero attached hydrogens (tertiary/aromatic N) is 2. The fourth-order valence-electron chi connectivity index (χ4n) is 5.16. The van der Waals surface area contributed by atoms with Crippen molar-refractivity contribution in [2.24, 2.45) is 23.7 Å². The van der Waals surface area contributed by atoms with Crippen LogP contribution in [-0.4, -0.2) is 63.3 Å². The molecule has 22 heteroatoms. The Morgan fingerprint density at radius 1 is 0.522 bits per heavy atom. The van der Waals surface area contributed by atoms with E-state index in [1.165, 1.54) is 0 Å². The zero-order valence-corrected chi connectivity index (χ0v) is 23.9. The van der Waals surface area contributed by atoms with E-state index in [-0.39, 0.29) is 10.1 Å². The van der Waals surface area contributed by atoms with Gasteiger partial charge in [0.25, 0.3) is 23.6 Å². The van der Waals surface area contributed by atoms with E-state index in [1.807, 2.05) is 0 Å². The van der Waals surface area contributed by atoms with Crippen LogP contribution in [0.3, 0.4) is 0 Å². The summed E-state index contributed by atoms with van der Waals surface area (Å²) in [5, 5.41) is -0.183. The van der Waals surface area contributed by atoms with Crippen LogP contribution < -0.4 is 9.47 Å². The van der Waals surface area contributed by atoms with E-state index < -0.39 is 114 Å². The average Bonchev–Trinajstić information content (AvgIpc) is 3.30. The third kappa shape index (κ3) is 6.50. The molecule has 0 bridgehead atoms. The van der Waals surface area contributed by atoms with Gasteiger partial charge in [-0.05, 0) is 61.4 Å². The Morgan fingerprint density at radius 2 is 0.783 bits per heavy atom. The van der Waals surface area contributed by atoms with Crippen molar-refractivity contribution in [2.45, 2.75) is 35.4 Å². The van der Waals surface area contributed by atoms with Gasteiger partial charge in [-0.15, -0.1) is 45.0 Å². The van der Waals surface area contributed by atoms with Crippen molar-refractivity contribution < 1.29 is 80.4 Å². The number of halogens is 6. The second-order valence-corrected chi connectivity index (χ2v) is 13.0. The van der Waals surface area contributed by atoms with Gasteiger partial charge in [-0.1, -0.05) is 0 Å². The van der Waals surface area contributed by atoms with E-state index in [1.54, 1.807) is 0 Å². The van der Waals surface area contributed by atoms with Crippen LogP contribution in [-0.2, 0) is 48.0 Å². The topological polar surface area (TPSA) is 180 Å². The Bertz CT molecular complexity index is 1640. The zero-order valence-electron chi connectivity index (χ0n) is 22.2. The second kappa shape index (κ2) is 11.2. The van der Waals surface area contributed by atoms with Crippen LogP contribution in [0.4, 0.5) is 26.3 Å². The van der Waals surface area contributed by atoms with Crippen LogP contribution in [0, 0.1) is 23.7 Å². The molecule has 0 aromatic heterocycles. The third-order valence-electron chi connectivity index (χ3n) is 7.09. The molecule has 1 aliphatic carbocycles. The van der Waals surface area contributed by atoms with E-state index in [2.05, 4.69) is 18.0 Å². The zero-order chi connectivity index (χ0) is 34.0. The number of benzene rings is 2. The summed E-state index contributed by atoms with van der Waals surface area (Å²) in [7, 11) is -9.93. The number of hydroxylamine groups is 4. The molecule has 2 aromatic rings. The fraction of sp³-hybridized carbons (Fsp3) is 0.333. The quantitative estimate of drug-likeness (QED) is 0.290. The Kier molecular flexibility index (Phi) is 8.06. The Hall–Kier alpha value is -4.28. The van der Waals surface area contributed by atoms with Crippen LogP contribution in [0.25, 0.3) is 0 Å². The lowest BCUT2D eigenvalue weighted by atomic mass is 9.70. The molecule has 2 aliphatic heterocycles. The molecule has 0 radical (unpaired) electrons. The summed E-state index contributed by atoms with van der Waals surface area (Å²) in [6, 6.07) is 5.18. The van der Waals surface area contributed by atoms with E-state index in [0.29, 0.717) is 48.5 Å². The molecule has 5 rings (SSSR count). The number of hydrogen-bond donors (Lipinski definition) is 0. The average molecular weight is 703 g/mol. The number of carbonyl (C=O) groups excluding carboxylic acids is 4. The van der Waals surface area contributed by atoms with Crippen molar-refractivity contribution in [3.8, 4) is 11.5 Å². The summed E-state index contributed by atoms with van der Waals surface area (Å²) >= 11 is 0. The van der Waals surface area contributed by atoms with Gasteiger partial charge in [-0.2, -0.15) is 16.8 Å². The number of amides is 4. The van der Waals surface area contributed by atoms with Crippen LogP contribution in [0.15, 0.2) is 58.3 Å². The molecule has 46 heavy (non-hydrogen) atoms. The van der Waals surface area contributed by atoms with Crippen molar-refractivity contribution >= 4 is 43.9 Å². The standard InChI is InChI=1S/C24H16F6N2O12S2/c25-23(26,27)41-11-1-5-13(6-2-11)45(37,38)43-31-19(33)15-9-17-18(10-16(15)20(31)34)22(36)32(21(17)35)44-46(39,40)14-7-3-12(4-8-14)42-24(28,29)30/h1-8,15-18H,9-10H2. The lowest BCUT2D eigenvalue weighted by Crippen LogP contribution is -2.35. The smallest absolute Gasteiger partial charge is 0.406 e. The molecule has 3 aliphatic rings. The van der Waals surface area contributed by atoms with Gasteiger partial charge in [-0.3, -0.25) is 19.2 Å². The molecule has 4 atom stereocenters. The predicted octanol–water partition coefficient (Wildman–Crippen LogP) is 2.42. The maximum atomic E-state index is 13.0. The molecule has 1 saturated carbocycles. The van der Waals surface area contributed by atoms with Gasteiger partial charge in [0.1, 0.15) is 11.5 Å². The van der Waals surface area contributed by atoms with Crippen LogP contribution in [0.2, 0.25) is 0 Å². The number of carbonyl (C=O) groups is 4. The monoisotopic (exact) mass is 702 g/mol. The molecular formula is C24H16F6N2O12S2.